The van der Waals surface area contributed by atoms with Crippen molar-refractivity contribution in [1.82, 2.24) is 15.0 Å². The van der Waals surface area contributed by atoms with E-state index in [0.29, 0.717) is 50.4 Å². The molecule has 18 heteroatoms. The van der Waals surface area contributed by atoms with Gasteiger partial charge in [0.15, 0.2) is 11.4 Å². The fraction of sp³-hybridized carbons (Fsp3) is 0.226. The fourth-order valence-corrected chi connectivity index (χ4v) is 5.65. The minimum Gasteiger partial charge on any atom is -0.508 e. The summed E-state index contributed by atoms with van der Waals surface area (Å²) < 4.78 is 62.0. The predicted octanol–water partition coefficient (Wildman–Crippen LogP) is 5.67. The van der Waals surface area contributed by atoms with E-state index in [1.165, 1.54) is 6.07 Å². The maximum Gasteiger partial charge on any atom is 0.335 e. The van der Waals surface area contributed by atoms with Gasteiger partial charge in [0, 0.05) is 55.9 Å². The summed E-state index contributed by atoms with van der Waals surface area (Å²) in [4.78, 5) is 26.6. The molecule has 0 fully saturated rings. The maximum atomic E-state index is 12.5. The first-order chi connectivity index (χ1) is 23.3. The number of ketones is 1. The zero-order valence-electron chi connectivity index (χ0n) is 26.3. The predicted molar refractivity (Wildman–Crippen MR) is 189 cm³/mol. The number of pyridine rings is 2. The van der Waals surface area contributed by atoms with E-state index in [1.54, 1.807) is 61.0 Å². The highest BCUT2D eigenvalue weighted by molar-refractivity contribution is 7.84. The molecule has 5 rings (SSSR count). The summed E-state index contributed by atoms with van der Waals surface area (Å²) in [6.45, 7) is 3.97. The number of fused-ring (bicyclic) bond motifs is 1. The van der Waals surface area contributed by atoms with Crippen molar-refractivity contribution in [2.75, 3.05) is 12.5 Å². The number of rotatable bonds is 8. The van der Waals surface area contributed by atoms with E-state index in [2.05, 4.69) is 15.0 Å². The van der Waals surface area contributed by atoms with Crippen molar-refractivity contribution in [1.29, 1.82) is 0 Å². The van der Waals surface area contributed by atoms with Gasteiger partial charge < -0.3 is 9.52 Å². The number of aromatic hydroxyl groups is 1. The van der Waals surface area contributed by atoms with Crippen LogP contribution in [0.2, 0.25) is 10.3 Å². The molecule has 49 heavy (non-hydrogen) atoms. The second-order valence-electron chi connectivity index (χ2n) is 9.57. The van der Waals surface area contributed by atoms with Crippen LogP contribution in [0.4, 0.5) is 0 Å². The normalized spacial score (nSPS) is 11.4. The van der Waals surface area contributed by atoms with E-state index in [1.807, 2.05) is 19.9 Å². The molecule has 2 unspecified atom stereocenters. The minimum atomic E-state index is -1.18. The number of hydrogen-bond acceptors (Lipinski definition) is 12. The first kappa shape index (κ1) is 41.4. The van der Waals surface area contributed by atoms with Crippen LogP contribution in [0.25, 0.3) is 22.7 Å². The Morgan fingerprint density at radius 2 is 1.29 bits per heavy atom. The average Bonchev–Trinajstić information content (AvgIpc) is 3.50. The van der Waals surface area contributed by atoms with Crippen molar-refractivity contribution < 1.29 is 39.6 Å². The van der Waals surface area contributed by atoms with Crippen LogP contribution in [0, 0.1) is 0 Å². The summed E-state index contributed by atoms with van der Waals surface area (Å²) in [6, 6.07) is 17.0. The van der Waals surface area contributed by atoms with E-state index in [9.17, 15) is 18.3 Å². The van der Waals surface area contributed by atoms with E-state index in [-0.39, 0.29) is 23.1 Å². The summed E-state index contributed by atoms with van der Waals surface area (Å²) in [7, 11) is -2.22. The molecule has 0 aliphatic heterocycles. The largest absolute Gasteiger partial charge is 0.508 e. The Balaban J connectivity index is 0.000000293. The van der Waals surface area contributed by atoms with Crippen LogP contribution >= 0.6 is 23.2 Å². The van der Waals surface area contributed by atoms with Gasteiger partial charge >= 0.3 is 23.1 Å². The Morgan fingerprint density at radius 1 is 0.755 bits per heavy atom. The second kappa shape index (κ2) is 20.7. The van der Waals surface area contributed by atoms with E-state index in [4.69, 9.17) is 44.5 Å². The lowest BCUT2D eigenvalue weighted by Crippen LogP contribution is -2.10. The van der Waals surface area contributed by atoms with Crippen molar-refractivity contribution in [2.45, 2.75) is 42.9 Å². The monoisotopic (exact) mass is 785 g/mol. The molecule has 12 nitrogen and oxygen atoms in total. The molecule has 0 spiro atoms. The summed E-state index contributed by atoms with van der Waals surface area (Å²) >= 11 is 10.3. The molecule has 0 aliphatic carbocycles. The third-order valence-electron chi connectivity index (χ3n) is 6.54. The highest BCUT2D eigenvalue weighted by atomic mass is 35.5. The number of aryl methyl sites for hydroxylation is 2. The first-order valence-corrected chi connectivity index (χ1v) is 19.1. The topological polar surface area (TPSA) is 192 Å². The highest BCUT2D eigenvalue weighted by Crippen LogP contribution is 2.28. The molecular weight excluding hydrogens is 758 g/mol. The van der Waals surface area contributed by atoms with Crippen molar-refractivity contribution in [3.05, 3.63) is 93.4 Å². The van der Waals surface area contributed by atoms with Gasteiger partial charge in [0.2, 0.25) is 5.89 Å². The Labute approximate surface area is 303 Å². The summed E-state index contributed by atoms with van der Waals surface area (Å²) in [5.41, 5.74) is 4.54. The standard InChI is InChI=1S/C16H16ClNO3S.C15H13ClN2O2S.2O2S/c1-3-10-4-7-15(17)18-16(10)14(20)9-11-8-12(22(2)21)5-6-13(11)19;1-3-9-4-7-13(16)18-14(9)15-17-11-8-10(21(2)19)5-6-12(11)20-15;2*1-3-2/h4-8,19H,3,9H2,1-2H3;4-8H,3H2,1-2H3;;. The molecule has 0 amide bonds. The van der Waals surface area contributed by atoms with Crippen LogP contribution in [-0.4, -0.2) is 63.6 Å². The number of carbonyl (C=O) groups excluding carboxylic acids is 1. The van der Waals surface area contributed by atoms with Crippen LogP contribution in [-0.2, 0) is 64.0 Å². The number of nitrogens with zero attached hydrogens (tertiary/aromatic N) is 3. The van der Waals surface area contributed by atoms with Gasteiger partial charge in [0.1, 0.15) is 33.0 Å². The van der Waals surface area contributed by atoms with Crippen molar-refractivity contribution in [3.8, 4) is 17.3 Å². The number of carbonyl (C=O) groups is 1. The van der Waals surface area contributed by atoms with Crippen molar-refractivity contribution >= 4 is 84.8 Å². The van der Waals surface area contributed by atoms with Gasteiger partial charge in [0.25, 0.3) is 0 Å². The molecule has 0 saturated heterocycles. The van der Waals surface area contributed by atoms with Crippen molar-refractivity contribution in [2.24, 2.45) is 0 Å². The third kappa shape index (κ3) is 12.2. The van der Waals surface area contributed by atoms with Crippen molar-refractivity contribution in [3.63, 3.8) is 0 Å². The lowest BCUT2D eigenvalue weighted by Gasteiger charge is -2.09. The Hall–Kier alpha value is -3.80. The Kier molecular flexibility index (Phi) is 17.4. The molecule has 2 atom stereocenters. The average molecular weight is 787 g/mol. The number of phenols is 1. The molecule has 0 bridgehead atoms. The summed E-state index contributed by atoms with van der Waals surface area (Å²) in [6.07, 6.45) is 4.64. The Bertz CT molecular complexity index is 2050. The molecule has 1 N–H and O–H groups in total. The third-order valence-corrected chi connectivity index (χ3v) is 8.80. The van der Waals surface area contributed by atoms with Gasteiger partial charge in [0.05, 0.1) is 0 Å². The maximum absolute atomic E-state index is 12.5. The number of aromatic nitrogens is 3. The SMILES string of the molecule is CCc1ccc(Cl)nc1-c1nc2cc(S(C)=O)ccc2o1.CCc1ccc(Cl)nc1C(=O)Cc1cc(S(C)=O)ccc1O.O=S=O.O=S=O. The number of hydrogen-bond donors (Lipinski definition) is 1. The van der Waals surface area contributed by atoms with E-state index >= 15 is 0 Å². The molecule has 2 aromatic carbocycles. The van der Waals surface area contributed by atoms with Gasteiger partial charge in [-0.1, -0.05) is 49.2 Å². The molecular formula is C31H29Cl2N3O9S4. The van der Waals surface area contributed by atoms with Gasteiger partial charge in [-0.2, -0.15) is 16.8 Å². The summed E-state index contributed by atoms with van der Waals surface area (Å²) in [5, 5.41) is 10.6. The fourth-order valence-electron chi connectivity index (χ4n) is 4.25. The number of benzene rings is 2. The molecule has 5 aromatic rings. The minimum absolute atomic E-state index is 0.00243. The lowest BCUT2D eigenvalue weighted by molar-refractivity contribution is 0.0986. The Morgan fingerprint density at radius 3 is 1.86 bits per heavy atom. The van der Waals surface area contributed by atoms with Gasteiger partial charge in [-0.3, -0.25) is 13.2 Å². The second-order valence-corrected chi connectivity index (χ2v) is 13.4. The van der Waals surface area contributed by atoms with Crippen LogP contribution in [0.5, 0.6) is 5.75 Å². The molecule has 3 heterocycles. The molecule has 3 aromatic heterocycles. The number of Topliss-reactive ketones (excluding diaryl/α,β-unsaturated/α-hetero) is 1. The zero-order valence-corrected chi connectivity index (χ0v) is 31.1. The smallest absolute Gasteiger partial charge is 0.335 e. The van der Waals surface area contributed by atoms with Gasteiger partial charge in [-0.25, -0.2) is 15.0 Å². The van der Waals surface area contributed by atoms with Crippen LogP contribution < -0.4 is 0 Å². The van der Waals surface area contributed by atoms with Crippen LogP contribution in [0.15, 0.2) is 74.9 Å². The molecule has 0 saturated carbocycles. The van der Waals surface area contributed by atoms with Crippen LogP contribution in [0.3, 0.4) is 0 Å². The van der Waals surface area contributed by atoms with Gasteiger partial charge in [-0.15, -0.1) is 0 Å². The van der Waals surface area contributed by atoms with E-state index < -0.39 is 44.7 Å². The molecule has 260 valence electrons. The van der Waals surface area contributed by atoms with Gasteiger partial charge in [-0.05, 0) is 72.5 Å². The molecule has 0 radical (unpaired) electrons. The van der Waals surface area contributed by atoms with Crippen LogP contribution in [0.1, 0.15) is 41.0 Å². The quantitative estimate of drug-likeness (QED) is 0.150. The number of phenolic OH excluding ortho intramolecular Hbond substituents is 1. The summed E-state index contributed by atoms with van der Waals surface area (Å²) in [5.74, 6) is 0.208. The number of halogens is 2. The van der Waals surface area contributed by atoms with E-state index in [0.717, 1.165) is 22.4 Å². The number of oxazole rings is 1. The zero-order chi connectivity index (χ0) is 36.7. The first-order valence-electron chi connectivity index (χ1n) is 13.9. The lowest BCUT2D eigenvalue weighted by atomic mass is 10.0. The molecule has 0 aliphatic rings. The highest BCUT2D eigenvalue weighted by Gasteiger charge is 2.17.